The molecule has 0 unspecified atom stereocenters. The minimum Gasteiger partial charge on any atom is -0.486 e. The third kappa shape index (κ3) is 2.62. The van der Waals surface area contributed by atoms with E-state index in [1.54, 1.807) is 18.2 Å². The Hall–Kier alpha value is -2.70. The Morgan fingerprint density at radius 1 is 1.29 bits per heavy atom. The number of ether oxygens (including phenoxy) is 3. The number of H-pyrrole nitrogens is 1. The van der Waals surface area contributed by atoms with E-state index in [1.807, 2.05) is 0 Å². The molecule has 7 nitrogen and oxygen atoms in total. The van der Waals surface area contributed by atoms with Crippen molar-refractivity contribution in [1.82, 2.24) is 10.3 Å². The Bertz CT molecular complexity index is 753. The maximum Gasteiger partial charge on any atom is 0.407 e. The molecule has 0 radical (unpaired) electrons. The van der Waals surface area contributed by atoms with Gasteiger partial charge in [0.25, 0.3) is 5.56 Å². The molecule has 0 fully saturated rings. The zero-order chi connectivity index (χ0) is 14.8. The number of rotatable bonds is 2. The molecule has 3 rings (SSSR count). The smallest absolute Gasteiger partial charge is 0.407 e. The maximum atomic E-state index is 12.0. The number of hydrogen-bond acceptors (Lipinski definition) is 5. The fourth-order valence-electron chi connectivity index (χ4n) is 2.16. The van der Waals surface area contributed by atoms with E-state index in [2.05, 4.69) is 15.0 Å². The summed E-state index contributed by atoms with van der Waals surface area (Å²) >= 11 is 0. The van der Waals surface area contributed by atoms with Gasteiger partial charge in [0.15, 0.2) is 11.5 Å². The summed E-state index contributed by atoms with van der Waals surface area (Å²) < 4.78 is 15.5. The van der Waals surface area contributed by atoms with Gasteiger partial charge in [0.2, 0.25) is 0 Å². The number of carbonyl (C=O) groups is 1. The SMILES string of the molecule is COC(=O)NCc1cc2cc3c(cc2[nH]c1=O)OCCO3. The number of amides is 1. The van der Waals surface area contributed by atoms with Gasteiger partial charge in [0.1, 0.15) is 13.2 Å². The number of pyridine rings is 1. The molecule has 1 aromatic carbocycles. The standard InChI is InChI=1S/C14H14N2O5/c1-19-14(18)15-7-9-4-8-5-11-12(21-3-2-20-11)6-10(8)16-13(9)17/h4-6H,2-3,7H2,1H3,(H,15,18)(H,16,17). The first-order valence-corrected chi connectivity index (χ1v) is 6.45. The summed E-state index contributed by atoms with van der Waals surface area (Å²) in [6, 6.07) is 5.26. The molecule has 2 heterocycles. The highest BCUT2D eigenvalue weighted by atomic mass is 16.6. The molecule has 1 aromatic heterocycles. The van der Waals surface area contributed by atoms with Crippen LogP contribution < -0.4 is 20.3 Å². The van der Waals surface area contributed by atoms with E-state index in [-0.39, 0.29) is 12.1 Å². The highest BCUT2D eigenvalue weighted by molar-refractivity contribution is 5.83. The van der Waals surface area contributed by atoms with Crippen LogP contribution in [-0.2, 0) is 11.3 Å². The summed E-state index contributed by atoms with van der Waals surface area (Å²) in [4.78, 5) is 25.8. The number of fused-ring (bicyclic) bond motifs is 2. The molecule has 0 saturated carbocycles. The fraction of sp³-hybridized carbons (Fsp3) is 0.286. The molecular formula is C14H14N2O5. The number of carbonyl (C=O) groups excluding carboxylic acids is 1. The monoisotopic (exact) mass is 290 g/mol. The van der Waals surface area contributed by atoms with E-state index in [4.69, 9.17) is 9.47 Å². The normalized spacial score (nSPS) is 13.0. The number of methoxy groups -OCH3 is 1. The van der Waals surface area contributed by atoms with Crippen molar-refractivity contribution in [2.75, 3.05) is 20.3 Å². The van der Waals surface area contributed by atoms with Crippen LogP contribution in [0.2, 0.25) is 0 Å². The van der Waals surface area contributed by atoms with Crippen LogP contribution in [0.5, 0.6) is 11.5 Å². The van der Waals surface area contributed by atoms with Gasteiger partial charge < -0.3 is 24.5 Å². The zero-order valence-electron chi connectivity index (χ0n) is 11.4. The second-order valence-electron chi connectivity index (χ2n) is 4.55. The van der Waals surface area contributed by atoms with E-state index in [9.17, 15) is 9.59 Å². The fourth-order valence-corrected chi connectivity index (χ4v) is 2.16. The molecule has 0 spiro atoms. The average molecular weight is 290 g/mol. The van der Waals surface area contributed by atoms with E-state index in [0.29, 0.717) is 35.8 Å². The molecule has 0 bridgehead atoms. The lowest BCUT2D eigenvalue weighted by atomic mass is 10.1. The molecule has 1 amide bonds. The molecular weight excluding hydrogens is 276 g/mol. The third-order valence-electron chi connectivity index (χ3n) is 3.19. The molecule has 0 atom stereocenters. The highest BCUT2D eigenvalue weighted by Crippen LogP contribution is 2.33. The Labute approximate surface area is 119 Å². The molecule has 2 aromatic rings. The van der Waals surface area contributed by atoms with Crippen molar-refractivity contribution in [2.24, 2.45) is 0 Å². The maximum absolute atomic E-state index is 12.0. The van der Waals surface area contributed by atoms with Crippen LogP contribution in [0, 0.1) is 0 Å². The lowest BCUT2D eigenvalue weighted by molar-refractivity contribution is 0.170. The van der Waals surface area contributed by atoms with Gasteiger partial charge in [-0.3, -0.25) is 4.79 Å². The molecule has 7 heteroatoms. The Kier molecular flexibility index (Phi) is 3.39. The average Bonchev–Trinajstić information content (AvgIpc) is 2.50. The summed E-state index contributed by atoms with van der Waals surface area (Å²) in [6.45, 7) is 1.08. The number of alkyl carbamates (subject to hydrolysis) is 1. The van der Waals surface area contributed by atoms with Crippen LogP contribution in [0.3, 0.4) is 0 Å². The first kappa shape index (κ1) is 13.3. The molecule has 1 aliphatic rings. The predicted molar refractivity (Wildman–Crippen MR) is 74.8 cm³/mol. The Morgan fingerprint density at radius 3 is 2.71 bits per heavy atom. The largest absolute Gasteiger partial charge is 0.486 e. The van der Waals surface area contributed by atoms with Gasteiger partial charge in [0, 0.05) is 17.0 Å². The first-order valence-electron chi connectivity index (χ1n) is 6.45. The van der Waals surface area contributed by atoms with Crippen LogP contribution in [0.1, 0.15) is 5.56 Å². The van der Waals surface area contributed by atoms with Gasteiger partial charge >= 0.3 is 6.09 Å². The van der Waals surface area contributed by atoms with Crippen molar-refractivity contribution < 1.29 is 19.0 Å². The van der Waals surface area contributed by atoms with E-state index in [1.165, 1.54) is 7.11 Å². The van der Waals surface area contributed by atoms with Crippen molar-refractivity contribution in [1.29, 1.82) is 0 Å². The Morgan fingerprint density at radius 2 is 2.00 bits per heavy atom. The summed E-state index contributed by atoms with van der Waals surface area (Å²) in [6.07, 6.45) is -0.586. The molecule has 110 valence electrons. The van der Waals surface area contributed by atoms with Crippen molar-refractivity contribution >= 4 is 17.0 Å². The molecule has 21 heavy (non-hydrogen) atoms. The summed E-state index contributed by atoms with van der Waals surface area (Å²) in [5.74, 6) is 1.26. The van der Waals surface area contributed by atoms with Crippen molar-refractivity contribution in [3.63, 3.8) is 0 Å². The Balaban J connectivity index is 1.98. The van der Waals surface area contributed by atoms with E-state index < -0.39 is 6.09 Å². The minimum absolute atomic E-state index is 0.0897. The summed E-state index contributed by atoms with van der Waals surface area (Å²) in [5, 5.41) is 3.29. The van der Waals surface area contributed by atoms with Gasteiger partial charge in [0.05, 0.1) is 19.2 Å². The van der Waals surface area contributed by atoms with Crippen molar-refractivity contribution in [3.8, 4) is 11.5 Å². The molecule has 0 saturated heterocycles. The van der Waals surface area contributed by atoms with E-state index in [0.717, 1.165) is 5.39 Å². The highest BCUT2D eigenvalue weighted by Gasteiger charge is 2.14. The second kappa shape index (κ2) is 5.35. The van der Waals surface area contributed by atoms with Crippen molar-refractivity contribution in [3.05, 3.63) is 34.1 Å². The molecule has 1 aliphatic heterocycles. The van der Waals surface area contributed by atoms with Gasteiger partial charge in [-0.05, 0) is 12.1 Å². The first-order chi connectivity index (χ1) is 10.2. The van der Waals surface area contributed by atoms with Crippen molar-refractivity contribution in [2.45, 2.75) is 6.54 Å². The van der Waals surface area contributed by atoms with Crippen LogP contribution in [-0.4, -0.2) is 31.4 Å². The number of aromatic nitrogens is 1. The number of benzene rings is 1. The van der Waals surface area contributed by atoms with Crippen LogP contribution in [0.25, 0.3) is 10.9 Å². The van der Waals surface area contributed by atoms with E-state index >= 15 is 0 Å². The minimum atomic E-state index is -0.586. The topological polar surface area (TPSA) is 89.7 Å². The lowest BCUT2D eigenvalue weighted by Crippen LogP contribution is -2.26. The second-order valence-corrected chi connectivity index (χ2v) is 4.55. The van der Waals surface area contributed by atoms with Crippen LogP contribution in [0.15, 0.2) is 23.0 Å². The number of nitrogens with one attached hydrogen (secondary N) is 2. The van der Waals surface area contributed by atoms with Gasteiger partial charge in [-0.1, -0.05) is 0 Å². The number of hydrogen-bond donors (Lipinski definition) is 2. The van der Waals surface area contributed by atoms with Gasteiger partial charge in [-0.2, -0.15) is 0 Å². The third-order valence-corrected chi connectivity index (χ3v) is 3.19. The zero-order valence-corrected chi connectivity index (χ0v) is 11.4. The molecule has 0 aliphatic carbocycles. The predicted octanol–water partition coefficient (Wildman–Crippen LogP) is 1.16. The van der Waals surface area contributed by atoms with Crippen LogP contribution in [0.4, 0.5) is 4.79 Å². The molecule has 2 N–H and O–H groups in total. The van der Waals surface area contributed by atoms with Crippen LogP contribution >= 0.6 is 0 Å². The van der Waals surface area contributed by atoms with Gasteiger partial charge in [-0.25, -0.2) is 4.79 Å². The summed E-state index contributed by atoms with van der Waals surface area (Å²) in [7, 11) is 1.27. The quantitative estimate of drug-likeness (QED) is 0.866. The van der Waals surface area contributed by atoms with Gasteiger partial charge in [-0.15, -0.1) is 0 Å². The lowest BCUT2D eigenvalue weighted by Gasteiger charge is -2.18. The number of aromatic amines is 1. The summed E-state index contributed by atoms with van der Waals surface area (Å²) in [5.41, 5.74) is 0.825.